The standard InChI is InChI=1S/C16H12N2O3S/c19-15-13-9-2-1-3-12(9)22-16(13)18-14(17-15)8-4-5-10-11(6-8)21-7-20-10/h4-6H,1-3,7H2,(H,17,18,19). The Morgan fingerprint density at radius 2 is 2.09 bits per heavy atom. The maximum atomic E-state index is 12.5. The van der Waals surface area contributed by atoms with E-state index < -0.39 is 0 Å². The summed E-state index contributed by atoms with van der Waals surface area (Å²) in [6.07, 6.45) is 3.19. The normalized spacial score (nSPS) is 15.5. The quantitative estimate of drug-likeness (QED) is 0.750. The zero-order valence-electron chi connectivity index (χ0n) is 11.6. The van der Waals surface area contributed by atoms with Crippen molar-refractivity contribution in [3.63, 3.8) is 0 Å². The summed E-state index contributed by atoms with van der Waals surface area (Å²) in [5.41, 5.74) is 1.99. The molecule has 0 saturated carbocycles. The first kappa shape index (κ1) is 12.2. The lowest BCUT2D eigenvalue weighted by Gasteiger charge is -2.03. The lowest BCUT2D eigenvalue weighted by atomic mass is 10.1. The van der Waals surface area contributed by atoms with E-state index in [0.717, 1.165) is 40.8 Å². The highest BCUT2D eigenvalue weighted by Crippen LogP contribution is 2.37. The van der Waals surface area contributed by atoms with Gasteiger partial charge >= 0.3 is 0 Å². The molecule has 1 aliphatic heterocycles. The van der Waals surface area contributed by atoms with E-state index >= 15 is 0 Å². The highest BCUT2D eigenvalue weighted by Gasteiger charge is 2.22. The maximum Gasteiger partial charge on any atom is 0.260 e. The Hall–Kier alpha value is -2.34. The zero-order chi connectivity index (χ0) is 14.7. The van der Waals surface area contributed by atoms with Gasteiger partial charge in [-0.1, -0.05) is 0 Å². The van der Waals surface area contributed by atoms with Gasteiger partial charge in [0.05, 0.1) is 5.39 Å². The predicted octanol–water partition coefficient (Wildman–Crippen LogP) is 2.87. The molecular formula is C16H12N2O3S. The van der Waals surface area contributed by atoms with Crippen molar-refractivity contribution in [1.82, 2.24) is 9.97 Å². The SMILES string of the molecule is O=c1[nH]c(-c2ccc3c(c2)OCO3)nc2sc3c(c12)CCC3. The van der Waals surface area contributed by atoms with Crippen LogP contribution in [-0.4, -0.2) is 16.8 Å². The summed E-state index contributed by atoms with van der Waals surface area (Å²) < 4.78 is 10.7. The van der Waals surface area contributed by atoms with E-state index in [-0.39, 0.29) is 12.4 Å². The zero-order valence-corrected chi connectivity index (χ0v) is 12.5. The minimum atomic E-state index is -0.0444. The molecular weight excluding hydrogens is 300 g/mol. The molecule has 5 nitrogen and oxygen atoms in total. The van der Waals surface area contributed by atoms with Gasteiger partial charge in [-0.2, -0.15) is 0 Å². The van der Waals surface area contributed by atoms with Crippen molar-refractivity contribution in [1.29, 1.82) is 0 Å². The van der Waals surface area contributed by atoms with Gasteiger partial charge in [-0.25, -0.2) is 4.98 Å². The molecule has 1 aromatic carbocycles. The molecule has 6 heteroatoms. The molecule has 0 spiro atoms. The van der Waals surface area contributed by atoms with Crippen LogP contribution >= 0.6 is 11.3 Å². The third kappa shape index (κ3) is 1.64. The van der Waals surface area contributed by atoms with Crippen molar-refractivity contribution < 1.29 is 9.47 Å². The predicted molar refractivity (Wildman–Crippen MR) is 83.8 cm³/mol. The summed E-state index contributed by atoms with van der Waals surface area (Å²) in [4.78, 5) is 22.2. The summed E-state index contributed by atoms with van der Waals surface area (Å²) in [5.74, 6) is 1.99. The number of aromatic nitrogens is 2. The molecule has 1 aliphatic carbocycles. The van der Waals surface area contributed by atoms with Gasteiger partial charge in [0.1, 0.15) is 10.7 Å². The van der Waals surface area contributed by atoms with Crippen LogP contribution in [-0.2, 0) is 12.8 Å². The van der Waals surface area contributed by atoms with Crippen LogP contribution in [0.3, 0.4) is 0 Å². The second kappa shape index (κ2) is 4.33. The number of nitrogens with zero attached hydrogens (tertiary/aromatic N) is 1. The largest absolute Gasteiger partial charge is 0.454 e. The van der Waals surface area contributed by atoms with Gasteiger partial charge in [0.2, 0.25) is 6.79 Å². The number of rotatable bonds is 1. The molecule has 3 aromatic rings. The Kier molecular flexibility index (Phi) is 2.41. The summed E-state index contributed by atoms with van der Waals surface area (Å²) in [6.45, 7) is 0.236. The van der Waals surface area contributed by atoms with E-state index in [1.807, 2.05) is 18.2 Å². The summed E-state index contributed by atoms with van der Waals surface area (Å²) in [5, 5.41) is 0.780. The summed E-state index contributed by atoms with van der Waals surface area (Å²) in [6, 6.07) is 5.59. The molecule has 0 bridgehead atoms. The highest BCUT2D eigenvalue weighted by molar-refractivity contribution is 7.18. The van der Waals surface area contributed by atoms with Gasteiger partial charge in [-0.15, -0.1) is 11.3 Å². The number of nitrogens with one attached hydrogen (secondary N) is 1. The number of aryl methyl sites for hydroxylation is 2. The number of ether oxygens (including phenoxy) is 2. The summed E-state index contributed by atoms with van der Waals surface area (Å²) in [7, 11) is 0. The highest BCUT2D eigenvalue weighted by atomic mass is 32.1. The van der Waals surface area contributed by atoms with Crippen LogP contribution in [0.1, 0.15) is 16.9 Å². The summed E-state index contributed by atoms with van der Waals surface area (Å²) >= 11 is 1.65. The van der Waals surface area contributed by atoms with E-state index in [9.17, 15) is 4.79 Å². The molecule has 0 atom stereocenters. The van der Waals surface area contributed by atoms with E-state index in [1.54, 1.807) is 11.3 Å². The van der Waals surface area contributed by atoms with Gasteiger partial charge in [0.25, 0.3) is 5.56 Å². The molecule has 22 heavy (non-hydrogen) atoms. The molecule has 1 N–H and O–H groups in total. The van der Waals surface area contributed by atoms with Crippen LogP contribution in [0.5, 0.6) is 11.5 Å². The van der Waals surface area contributed by atoms with E-state index in [4.69, 9.17) is 9.47 Å². The Bertz CT molecular complexity index is 973. The average Bonchev–Trinajstić information content (AvgIpc) is 3.20. The average molecular weight is 312 g/mol. The van der Waals surface area contributed by atoms with E-state index in [0.29, 0.717) is 11.6 Å². The fourth-order valence-electron chi connectivity index (χ4n) is 3.18. The molecule has 0 amide bonds. The second-order valence-corrected chi connectivity index (χ2v) is 6.60. The number of H-pyrrole nitrogens is 1. The van der Waals surface area contributed by atoms with Gasteiger partial charge in [-0.3, -0.25) is 4.79 Å². The Morgan fingerprint density at radius 3 is 3.05 bits per heavy atom. The minimum Gasteiger partial charge on any atom is -0.454 e. The topological polar surface area (TPSA) is 64.2 Å². The number of aromatic amines is 1. The van der Waals surface area contributed by atoms with Crippen molar-refractivity contribution in [3.05, 3.63) is 39.0 Å². The number of benzene rings is 1. The third-order valence-electron chi connectivity index (χ3n) is 4.22. The fourth-order valence-corrected chi connectivity index (χ4v) is 4.44. The lowest BCUT2D eigenvalue weighted by Crippen LogP contribution is -2.09. The lowest BCUT2D eigenvalue weighted by molar-refractivity contribution is 0.174. The minimum absolute atomic E-state index is 0.0444. The molecule has 0 unspecified atom stereocenters. The first-order valence-corrected chi connectivity index (χ1v) is 8.06. The smallest absolute Gasteiger partial charge is 0.260 e. The first-order valence-electron chi connectivity index (χ1n) is 7.24. The molecule has 2 aromatic heterocycles. The van der Waals surface area contributed by atoms with Gasteiger partial charge in [0.15, 0.2) is 11.5 Å². The second-order valence-electron chi connectivity index (χ2n) is 5.52. The van der Waals surface area contributed by atoms with Crippen molar-refractivity contribution in [3.8, 4) is 22.9 Å². The number of hydrogen-bond donors (Lipinski definition) is 1. The monoisotopic (exact) mass is 312 g/mol. The van der Waals surface area contributed by atoms with E-state index in [1.165, 1.54) is 10.4 Å². The first-order chi connectivity index (χ1) is 10.8. The third-order valence-corrected chi connectivity index (χ3v) is 5.41. The maximum absolute atomic E-state index is 12.5. The van der Waals surface area contributed by atoms with Gasteiger partial charge in [-0.05, 0) is 43.0 Å². The van der Waals surface area contributed by atoms with Crippen LogP contribution < -0.4 is 15.0 Å². The number of hydrogen-bond acceptors (Lipinski definition) is 5. The van der Waals surface area contributed by atoms with Crippen molar-refractivity contribution in [2.24, 2.45) is 0 Å². The van der Waals surface area contributed by atoms with Crippen LogP contribution in [0.2, 0.25) is 0 Å². The molecule has 5 rings (SSSR count). The molecule has 3 heterocycles. The van der Waals surface area contributed by atoms with Gasteiger partial charge in [0, 0.05) is 10.4 Å². The Balaban J connectivity index is 1.71. The molecule has 110 valence electrons. The molecule has 0 fully saturated rings. The van der Waals surface area contributed by atoms with E-state index in [2.05, 4.69) is 9.97 Å². The molecule has 0 saturated heterocycles. The van der Waals surface area contributed by atoms with Crippen molar-refractivity contribution in [2.45, 2.75) is 19.3 Å². The van der Waals surface area contributed by atoms with Crippen LogP contribution in [0, 0.1) is 0 Å². The van der Waals surface area contributed by atoms with Gasteiger partial charge < -0.3 is 14.5 Å². The van der Waals surface area contributed by atoms with Crippen molar-refractivity contribution >= 4 is 21.6 Å². The molecule has 2 aliphatic rings. The number of fused-ring (bicyclic) bond motifs is 4. The van der Waals surface area contributed by atoms with Crippen LogP contribution in [0.15, 0.2) is 23.0 Å². The number of thiophene rings is 1. The van der Waals surface area contributed by atoms with Crippen molar-refractivity contribution in [2.75, 3.05) is 6.79 Å². The Morgan fingerprint density at radius 1 is 1.18 bits per heavy atom. The fraction of sp³-hybridized carbons (Fsp3) is 0.250. The van der Waals surface area contributed by atoms with Crippen LogP contribution in [0.25, 0.3) is 21.6 Å². The Labute approximate surface area is 129 Å². The van der Waals surface area contributed by atoms with Crippen LogP contribution in [0.4, 0.5) is 0 Å². The molecule has 0 radical (unpaired) electrons.